The van der Waals surface area contributed by atoms with Crippen LogP contribution >= 0.6 is 11.6 Å². The van der Waals surface area contributed by atoms with Crippen LogP contribution in [0.2, 0.25) is 5.02 Å². The van der Waals surface area contributed by atoms with Crippen LogP contribution in [-0.2, 0) is 26.4 Å². The molecule has 10 nitrogen and oxygen atoms in total. The van der Waals surface area contributed by atoms with Gasteiger partial charge in [0.25, 0.3) is 19.9 Å². The quantitative estimate of drug-likeness (QED) is 0.336. The van der Waals surface area contributed by atoms with E-state index >= 15 is 0 Å². The number of hydrogen-bond donors (Lipinski definition) is 2. The van der Waals surface area contributed by atoms with Gasteiger partial charge in [-0.15, -0.1) is 0 Å². The van der Waals surface area contributed by atoms with E-state index in [1.807, 2.05) is 0 Å². The molecule has 0 aliphatic carbocycles. The van der Waals surface area contributed by atoms with E-state index in [2.05, 4.69) is 9.71 Å². The van der Waals surface area contributed by atoms with E-state index in [1.54, 1.807) is 0 Å². The molecule has 0 spiro atoms. The van der Waals surface area contributed by atoms with E-state index in [1.165, 1.54) is 42.7 Å². The molecule has 2 heterocycles. The minimum absolute atomic E-state index is 0.0447. The molecule has 2 aromatic heterocycles. The maximum atomic E-state index is 13.0. The lowest BCUT2D eigenvalue weighted by Crippen LogP contribution is -2.25. The molecule has 38 heavy (non-hydrogen) atoms. The molecule has 0 bridgehead atoms. The average molecular weight is 589 g/mol. The van der Waals surface area contributed by atoms with E-state index in [9.17, 15) is 39.9 Å². The number of nitrogens with one attached hydrogen (secondary N) is 1. The van der Waals surface area contributed by atoms with Gasteiger partial charge in [0.1, 0.15) is 0 Å². The average Bonchev–Trinajstić information content (AvgIpc) is 3.12. The second kappa shape index (κ2) is 9.81. The molecule has 0 saturated carbocycles. The van der Waals surface area contributed by atoms with Crippen LogP contribution in [0, 0.1) is 0 Å². The summed E-state index contributed by atoms with van der Waals surface area (Å²) in [6.45, 7) is -0.235. The smallest absolute Gasteiger partial charge is 0.493 e. The Kier molecular flexibility index (Phi) is 7.03. The number of aromatic nitrogens is 3. The third kappa shape index (κ3) is 5.25. The highest BCUT2D eigenvalue weighted by molar-refractivity contribution is 7.92. The lowest BCUT2D eigenvalue weighted by molar-refractivity contribution is -0.0436. The van der Waals surface area contributed by atoms with Gasteiger partial charge < -0.3 is 5.11 Å². The number of sulfone groups is 1. The molecule has 0 fully saturated rings. The number of hydrogen-bond acceptors (Lipinski definition) is 7. The molecule has 0 atom stereocenters. The highest BCUT2D eigenvalue weighted by Crippen LogP contribution is 2.31. The fourth-order valence-corrected chi connectivity index (χ4v) is 5.37. The first kappa shape index (κ1) is 27.2. The Balaban J connectivity index is 1.64. The summed E-state index contributed by atoms with van der Waals surface area (Å²) in [5.41, 5.74) is -6.11. The summed E-state index contributed by atoms with van der Waals surface area (Å²) in [7, 11) is -9.64. The van der Waals surface area contributed by atoms with Crippen LogP contribution in [0.4, 0.5) is 18.9 Å². The number of sulfonamides is 1. The van der Waals surface area contributed by atoms with Gasteiger partial charge in [-0.25, -0.2) is 26.2 Å². The zero-order chi connectivity index (χ0) is 27.9. The first-order valence-electron chi connectivity index (χ1n) is 10.3. The molecule has 4 rings (SSSR count). The number of pyridine rings is 1. The van der Waals surface area contributed by atoms with Gasteiger partial charge in [-0.1, -0.05) is 11.6 Å². The molecular weight excluding hydrogens is 573 g/mol. The SMILES string of the molecule is O=c1n(Cc2ccncc2NS(=O)(=O)c2ccc(Cl)cc2)cc(O)n1-c1ccc(S(=O)(=O)C(F)(F)F)cc1. The fraction of sp³-hybridized carbons (Fsp3) is 0.0909. The van der Waals surface area contributed by atoms with Crippen LogP contribution in [-0.4, -0.2) is 41.6 Å². The van der Waals surface area contributed by atoms with Crippen LogP contribution in [0.15, 0.2) is 87.8 Å². The molecule has 0 amide bonds. The predicted octanol–water partition coefficient (Wildman–Crippen LogP) is 3.54. The van der Waals surface area contributed by atoms with Crippen molar-refractivity contribution in [3.05, 3.63) is 94.3 Å². The highest BCUT2D eigenvalue weighted by Gasteiger charge is 2.46. The molecule has 2 N–H and O–H groups in total. The molecule has 0 unspecified atom stereocenters. The Bertz CT molecular complexity index is 1770. The Morgan fingerprint density at radius 1 is 0.947 bits per heavy atom. The van der Waals surface area contributed by atoms with Gasteiger partial charge in [0, 0.05) is 11.2 Å². The van der Waals surface area contributed by atoms with E-state index in [4.69, 9.17) is 11.6 Å². The molecule has 2 aromatic carbocycles. The van der Waals surface area contributed by atoms with Gasteiger partial charge in [0.2, 0.25) is 5.88 Å². The van der Waals surface area contributed by atoms with Gasteiger partial charge in [-0.3, -0.25) is 14.3 Å². The maximum Gasteiger partial charge on any atom is 0.501 e. The first-order valence-corrected chi connectivity index (χ1v) is 13.7. The van der Waals surface area contributed by atoms with Gasteiger partial charge in [-0.05, 0) is 60.2 Å². The molecule has 200 valence electrons. The summed E-state index contributed by atoms with van der Waals surface area (Å²) in [6.07, 6.45) is 3.61. The van der Waals surface area contributed by atoms with Crippen molar-refractivity contribution in [3.63, 3.8) is 0 Å². The van der Waals surface area contributed by atoms with Crippen LogP contribution < -0.4 is 10.4 Å². The topological polar surface area (TPSA) is 140 Å². The van der Waals surface area contributed by atoms with Crippen molar-refractivity contribution in [3.8, 4) is 11.6 Å². The number of anilines is 1. The van der Waals surface area contributed by atoms with E-state index in [0.29, 0.717) is 22.7 Å². The highest BCUT2D eigenvalue weighted by atomic mass is 35.5. The third-order valence-corrected chi connectivity index (χ3v) is 8.40. The number of rotatable bonds is 7. The normalized spacial score (nSPS) is 12.4. The van der Waals surface area contributed by atoms with Crippen molar-refractivity contribution in [2.24, 2.45) is 0 Å². The number of alkyl halides is 3. The fourth-order valence-electron chi connectivity index (χ4n) is 3.40. The van der Waals surface area contributed by atoms with Crippen molar-refractivity contribution in [2.45, 2.75) is 21.8 Å². The minimum Gasteiger partial charge on any atom is -0.493 e. The zero-order valence-electron chi connectivity index (χ0n) is 18.8. The Hall–Kier alpha value is -3.82. The largest absolute Gasteiger partial charge is 0.501 e. The van der Waals surface area contributed by atoms with E-state index in [0.717, 1.165) is 27.5 Å². The number of benzene rings is 2. The Morgan fingerprint density at radius 2 is 1.55 bits per heavy atom. The van der Waals surface area contributed by atoms with Crippen LogP contribution in [0.3, 0.4) is 0 Å². The molecule has 16 heteroatoms. The monoisotopic (exact) mass is 588 g/mol. The molecule has 0 saturated heterocycles. The second-order valence-corrected chi connectivity index (χ2v) is 11.8. The molecular formula is C22H16ClF3N4O6S2. The molecule has 0 aliphatic heterocycles. The lowest BCUT2D eigenvalue weighted by Gasteiger charge is -2.12. The second-order valence-electron chi connectivity index (χ2n) is 7.77. The number of imidazole rings is 1. The van der Waals surface area contributed by atoms with Crippen molar-refractivity contribution in [1.29, 1.82) is 0 Å². The number of halogens is 4. The van der Waals surface area contributed by atoms with Gasteiger partial charge in [0.15, 0.2) is 0 Å². The summed E-state index contributed by atoms with van der Waals surface area (Å²) >= 11 is 5.81. The summed E-state index contributed by atoms with van der Waals surface area (Å²) in [6, 6.07) is 10.0. The van der Waals surface area contributed by atoms with Gasteiger partial charge >= 0.3 is 11.2 Å². The Labute approximate surface area is 218 Å². The summed E-state index contributed by atoms with van der Waals surface area (Å²) in [5, 5.41) is 10.7. The molecule has 4 aromatic rings. The van der Waals surface area contributed by atoms with E-state index in [-0.39, 0.29) is 22.8 Å². The maximum absolute atomic E-state index is 13.0. The first-order chi connectivity index (χ1) is 17.7. The molecule has 0 radical (unpaired) electrons. The number of aromatic hydroxyl groups is 1. The summed E-state index contributed by atoms with van der Waals surface area (Å²) in [5.74, 6) is -0.598. The molecule has 0 aliphatic rings. The Morgan fingerprint density at radius 3 is 2.16 bits per heavy atom. The van der Waals surface area contributed by atoms with E-state index < -0.39 is 41.8 Å². The van der Waals surface area contributed by atoms with Crippen molar-refractivity contribution < 1.29 is 35.1 Å². The van der Waals surface area contributed by atoms with Crippen LogP contribution in [0.5, 0.6) is 5.88 Å². The lowest BCUT2D eigenvalue weighted by atomic mass is 10.2. The van der Waals surface area contributed by atoms with Crippen LogP contribution in [0.25, 0.3) is 5.69 Å². The predicted molar refractivity (Wildman–Crippen MR) is 131 cm³/mol. The zero-order valence-corrected chi connectivity index (χ0v) is 21.2. The number of nitrogens with zero attached hydrogens (tertiary/aromatic N) is 3. The standard InChI is InChI=1S/C22H16ClF3N4O6S2/c23-15-1-5-18(6-2-15)38(35,36)28-19-11-27-10-9-14(19)12-29-13-20(31)30(21(29)32)16-3-7-17(8-4-16)37(33,34)22(24,25)26/h1-11,13,28,31H,12H2. The summed E-state index contributed by atoms with van der Waals surface area (Å²) in [4.78, 5) is 15.8. The minimum atomic E-state index is -5.60. The third-order valence-electron chi connectivity index (χ3n) is 5.27. The van der Waals surface area contributed by atoms with Gasteiger partial charge in [0.05, 0.1) is 40.1 Å². The van der Waals surface area contributed by atoms with Crippen molar-refractivity contribution >= 4 is 37.1 Å². The van der Waals surface area contributed by atoms with Crippen molar-refractivity contribution in [1.82, 2.24) is 14.1 Å². The summed E-state index contributed by atoms with van der Waals surface area (Å²) < 4.78 is 91.2. The van der Waals surface area contributed by atoms with Gasteiger partial charge in [-0.2, -0.15) is 13.2 Å². The van der Waals surface area contributed by atoms with Crippen LogP contribution in [0.1, 0.15) is 5.56 Å². The van der Waals surface area contributed by atoms with Crippen molar-refractivity contribution in [2.75, 3.05) is 4.72 Å².